The maximum absolute atomic E-state index is 11.5. The molecule has 1 amide bonds. The Balaban J connectivity index is 1.55. The zero-order valence-electron chi connectivity index (χ0n) is 16.4. The van der Waals surface area contributed by atoms with Crippen LogP contribution in [-0.2, 0) is 4.79 Å². The van der Waals surface area contributed by atoms with Crippen molar-refractivity contribution in [1.82, 2.24) is 15.3 Å². The van der Waals surface area contributed by atoms with Crippen LogP contribution in [0.4, 0.5) is 11.5 Å². The average molecular weight is 396 g/mol. The zero-order chi connectivity index (χ0) is 20.8. The number of carbonyl (C=O) groups excluding carboxylic acids is 1. The molecule has 0 aliphatic heterocycles. The minimum Gasteiger partial charge on any atom is -0.457 e. The van der Waals surface area contributed by atoms with E-state index < -0.39 is 0 Å². The van der Waals surface area contributed by atoms with Crippen molar-refractivity contribution >= 4 is 34.4 Å². The fraction of sp³-hybridized carbons (Fsp3) is 0.0417. The van der Waals surface area contributed by atoms with Crippen LogP contribution in [0.15, 0.2) is 85.2 Å². The lowest BCUT2D eigenvalue weighted by Gasteiger charge is -2.10. The van der Waals surface area contributed by atoms with E-state index in [0.717, 1.165) is 33.7 Å². The predicted molar refractivity (Wildman–Crippen MR) is 119 cm³/mol. The molecule has 0 saturated carbocycles. The van der Waals surface area contributed by atoms with E-state index in [-0.39, 0.29) is 5.91 Å². The summed E-state index contributed by atoms with van der Waals surface area (Å²) in [5.41, 5.74) is 2.57. The van der Waals surface area contributed by atoms with E-state index in [2.05, 4.69) is 20.6 Å². The third-order valence-electron chi connectivity index (χ3n) is 4.43. The Morgan fingerprint density at radius 3 is 2.47 bits per heavy atom. The molecule has 1 heterocycles. The molecule has 148 valence electrons. The summed E-state index contributed by atoms with van der Waals surface area (Å²) in [6.45, 7) is 0. The zero-order valence-corrected chi connectivity index (χ0v) is 16.4. The second-order valence-corrected chi connectivity index (χ2v) is 6.51. The summed E-state index contributed by atoms with van der Waals surface area (Å²) in [6, 6.07) is 23.1. The van der Waals surface area contributed by atoms with Crippen LogP contribution < -0.4 is 15.4 Å². The van der Waals surface area contributed by atoms with E-state index in [1.54, 1.807) is 13.1 Å². The van der Waals surface area contributed by atoms with Gasteiger partial charge in [0, 0.05) is 24.2 Å². The van der Waals surface area contributed by atoms with Gasteiger partial charge in [-0.05, 0) is 60.2 Å². The van der Waals surface area contributed by atoms with Crippen molar-refractivity contribution < 1.29 is 9.53 Å². The largest absolute Gasteiger partial charge is 0.457 e. The number of nitrogens with zero attached hydrogens (tertiary/aromatic N) is 2. The fourth-order valence-corrected chi connectivity index (χ4v) is 2.90. The Morgan fingerprint density at radius 1 is 0.933 bits per heavy atom. The second kappa shape index (κ2) is 8.87. The van der Waals surface area contributed by atoms with Crippen molar-refractivity contribution in [3.05, 3.63) is 90.8 Å². The summed E-state index contributed by atoms with van der Waals surface area (Å²) >= 11 is 0. The molecule has 4 aromatic rings. The van der Waals surface area contributed by atoms with Gasteiger partial charge >= 0.3 is 0 Å². The summed E-state index contributed by atoms with van der Waals surface area (Å²) in [7, 11) is 1.60. The van der Waals surface area contributed by atoms with Crippen LogP contribution in [0.2, 0.25) is 0 Å². The molecular weight excluding hydrogens is 376 g/mol. The highest BCUT2D eigenvalue weighted by atomic mass is 16.5. The molecule has 30 heavy (non-hydrogen) atoms. The number of benzene rings is 3. The quantitative estimate of drug-likeness (QED) is 0.452. The van der Waals surface area contributed by atoms with Gasteiger partial charge in [-0.25, -0.2) is 9.97 Å². The normalized spacial score (nSPS) is 10.8. The van der Waals surface area contributed by atoms with Crippen LogP contribution in [0.5, 0.6) is 11.5 Å². The van der Waals surface area contributed by atoms with E-state index in [1.165, 1.54) is 12.4 Å². The number of likely N-dealkylation sites (N-methyl/N-ethyl adjacent to an activating group) is 1. The van der Waals surface area contributed by atoms with E-state index in [4.69, 9.17) is 4.74 Å². The number of fused-ring (bicyclic) bond motifs is 1. The van der Waals surface area contributed by atoms with Gasteiger partial charge in [0.15, 0.2) is 0 Å². The van der Waals surface area contributed by atoms with Gasteiger partial charge in [-0.15, -0.1) is 0 Å². The van der Waals surface area contributed by atoms with Crippen LogP contribution in [0.25, 0.3) is 17.0 Å². The Kier molecular flexibility index (Phi) is 5.66. The molecule has 4 rings (SSSR count). The maximum Gasteiger partial charge on any atom is 0.243 e. The van der Waals surface area contributed by atoms with Crippen LogP contribution in [0.3, 0.4) is 0 Å². The first kappa shape index (κ1) is 19.1. The van der Waals surface area contributed by atoms with Crippen LogP contribution in [0, 0.1) is 0 Å². The molecule has 0 fully saturated rings. The summed E-state index contributed by atoms with van der Waals surface area (Å²) < 4.78 is 5.83. The lowest BCUT2D eigenvalue weighted by molar-refractivity contribution is -0.115. The molecular formula is C24H20N4O2. The smallest absolute Gasteiger partial charge is 0.243 e. The average Bonchev–Trinajstić information content (AvgIpc) is 2.79. The van der Waals surface area contributed by atoms with E-state index in [0.29, 0.717) is 5.82 Å². The first-order valence-electron chi connectivity index (χ1n) is 9.46. The van der Waals surface area contributed by atoms with Crippen molar-refractivity contribution in [3.8, 4) is 11.5 Å². The Labute approximate surface area is 174 Å². The van der Waals surface area contributed by atoms with Crippen molar-refractivity contribution in [2.75, 3.05) is 12.4 Å². The van der Waals surface area contributed by atoms with Gasteiger partial charge in [0.1, 0.15) is 23.6 Å². The minimum atomic E-state index is -0.157. The lowest BCUT2D eigenvalue weighted by atomic mass is 10.1. The van der Waals surface area contributed by atoms with Crippen LogP contribution in [0.1, 0.15) is 5.56 Å². The molecule has 6 nitrogen and oxygen atoms in total. The number of hydrogen-bond acceptors (Lipinski definition) is 5. The van der Waals surface area contributed by atoms with Gasteiger partial charge in [-0.1, -0.05) is 24.3 Å². The number of amides is 1. The number of hydrogen-bond donors (Lipinski definition) is 2. The standard InChI is InChI=1S/C24H20N4O2/c1-25-23(29)14-8-17-7-13-22-21(15-17)24(27-16-26-22)28-18-9-11-20(12-10-18)30-19-5-3-2-4-6-19/h2-16H,1H3,(H,25,29)(H,26,27,28)/b14-8+. The minimum absolute atomic E-state index is 0.157. The molecule has 3 aromatic carbocycles. The Morgan fingerprint density at radius 2 is 1.70 bits per heavy atom. The van der Waals surface area contributed by atoms with Gasteiger partial charge in [0.05, 0.1) is 5.52 Å². The van der Waals surface area contributed by atoms with E-state index >= 15 is 0 Å². The fourth-order valence-electron chi connectivity index (χ4n) is 2.90. The highest BCUT2D eigenvalue weighted by molar-refractivity contribution is 5.95. The Hall–Kier alpha value is -4.19. The molecule has 0 saturated heterocycles. The monoisotopic (exact) mass is 396 g/mol. The van der Waals surface area contributed by atoms with Crippen molar-refractivity contribution in [1.29, 1.82) is 0 Å². The first-order chi connectivity index (χ1) is 14.7. The molecule has 0 unspecified atom stereocenters. The topological polar surface area (TPSA) is 76.1 Å². The molecule has 0 aliphatic carbocycles. The highest BCUT2D eigenvalue weighted by Gasteiger charge is 2.06. The SMILES string of the molecule is CNC(=O)/C=C/c1ccc2ncnc(Nc3ccc(Oc4ccccc4)cc3)c2c1. The summed E-state index contributed by atoms with van der Waals surface area (Å²) in [5.74, 6) is 2.07. The van der Waals surface area contributed by atoms with Crippen molar-refractivity contribution in [3.63, 3.8) is 0 Å². The van der Waals surface area contributed by atoms with Gasteiger partial charge < -0.3 is 15.4 Å². The predicted octanol–water partition coefficient (Wildman–Crippen LogP) is 4.92. The van der Waals surface area contributed by atoms with Crippen molar-refractivity contribution in [2.45, 2.75) is 0 Å². The summed E-state index contributed by atoms with van der Waals surface area (Å²) in [6.07, 6.45) is 4.77. The molecule has 2 N–H and O–H groups in total. The number of para-hydroxylation sites is 1. The number of ether oxygens (including phenoxy) is 1. The Bertz CT molecular complexity index is 1190. The molecule has 6 heteroatoms. The van der Waals surface area contributed by atoms with Gasteiger partial charge in [0.25, 0.3) is 0 Å². The third-order valence-corrected chi connectivity index (χ3v) is 4.43. The molecule has 0 atom stereocenters. The van der Waals surface area contributed by atoms with Crippen molar-refractivity contribution in [2.24, 2.45) is 0 Å². The first-order valence-corrected chi connectivity index (χ1v) is 9.46. The van der Waals surface area contributed by atoms with Gasteiger partial charge in [-0.3, -0.25) is 4.79 Å². The molecule has 0 bridgehead atoms. The highest BCUT2D eigenvalue weighted by Crippen LogP contribution is 2.27. The van der Waals surface area contributed by atoms with Crippen LogP contribution in [-0.4, -0.2) is 22.9 Å². The number of rotatable bonds is 6. The molecule has 0 spiro atoms. The number of carbonyl (C=O) groups is 1. The lowest BCUT2D eigenvalue weighted by Crippen LogP contribution is -2.13. The maximum atomic E-state index is 11.5. The summed E-state index contributed by atoms with van der Waals surface area (Å²) in [4.78, 5) is 20.2. The van der Waals surface area contributed by atoms with Gasteiger partial charge in [0.2, 0.25) is 5.91 Å². The summed E-state index contributed by atoms with van der Waals surface area (Å²) in [5, 5.41) is 6.76. The van der Waals surface area contributed by atoms with E-state index in [9.17, 15) is 4.79 Å². The van der Waals surface area contributed by atoms with E-state index in [1.807, 2.05) is 72.8 Å². The number of nitrogens with one attached hydrogen (secondary N) is 2. The van der Waals surface area contributed by atoms with Crippen LogP contribution >= 0.6 is 0 Å². The molecule has 1 aromatic heterocycles. The number of aromatic nitrogens is 2. The molecule has 0 radical (unpaired) electrons. The molecule has 0 aliphatic rings. The third kappa shape index (κ3) is 4.62. The number of anilines is 2. The second-order valence-electron chi connectivity index (χ2n) is 6.51. The van der Waals surface area contributed by atoms with Gasteiger partial charge in [-0.2, -0.15) is 0 Å².